The number of aliphatic hydroxyl groups excluding tert-OH is 3. The fraction of sp³-hybridized carbons (Fsp3) is 0.700. The highest BCUT2D eigenvalue weighted by Crippen LogP contribution is 2.19. The Morgan fingerprint density at radius 3 is 2.21 bits per heavy atom. The van der Waals surface area contributed by atoms with Crippen LogP contribution in [0.25, 0.3) is 0 Å². The van der Waals surface area contributed by atoms with E-state index in [2.05, 4.69) is 0 Å². The van der Waals surface area contributed by atoms with Gasteiger partial charge in [-0.15, -0.1) is 0 Å². The molecule has 1 rings (SSSR count). The van der Waals surface area contributed by atoms with Crippen molar-refractivity contribution in [1.82, 2.24) is 0 Å². The van der Waals surface area contributed by atoms with Gasteiger partial charge in [-0.05, 0) is 18.6 Å². The molecule has 4 nitrogen and oxygen atoms in total. The predicted octanol–water partition coefficient (Wildman–Crippen LogP) is 0.0144. The molecule has 4 heteroatoms. The second kappa shape index (κ2) is 5.90. The highest BCUT2D eigenvalue weighted by atomic mass is 16.4. The van der Waals surface area contributed by atoms with Crippen LogP contribution in [0.3, 0.4) is 0 Å². The number of aliphatic hydroxyl groups is 3. The normalized spacial score (nSPS) is 31.3. The third-order valence-electron chi connectivity index (χ3n) is 2.00. The number of hydrogen-bond donors (Lipinski definition) is 3. The second-order valence-electron chi connectivity index (χ2n) is 3.00. The summed E-state index contributed by atoms with van der Waals surface area (Å²) in [5, 5.41) is 27.4. The van der Waals surface area contributed by atoms with E-state index in [1.165, 1.54) is 13.0 Å². The van der Waals surface area contributed by atoms with Crippen LogP contribution in [0.2, 0.25) is 0 Å². The number of Topliss-reactive ketones (excluding diaryl/α,β-unsaturated/α-hetero) is 1. The van der Waals surface area contributed by atoms with Gasteiger partial charge in [-0.3, -0.25) is 4.79 Å². The maximum atomic E-state index is 10.8. The summed E-state index contributed by atoms with van der Waals surface area (Å²) in [6.07, 6.45) is -1.93. The fourth-order valence-corrected chi connectivity index (χ4v) is 1.21. The molecule has 0 heterocycles. The molecular weight excluding hydrogens is 184 g/mol. The summed E-state index contributed by atoms with van der Waals surface area (Å²) in [6.45, 7) is 5.36. The van der Waals surface area contributed by atoms with Gasteiger partial charge in [0.1, 0.15) is 12.2 Å². The summed E-state index contributed by atoms with van der Waals surface area (Å²) in [6, 6.07) is 0. The van der Waals surface area contributed by atoms with Crippen molar-refractivity contribution in [2.24, 2.45) is 0 Å². The van der Waals surface area contributed by atoms with Crippen LogP contribution in [-0.4, -0.2) is 39.4 Å². The largest absolute Gasteiger partial charge is 0.390 e. The zero-order chi connectivity index (χ0) is 11.3. The van der Waals surface area contributed by atoms with Crippen molar-refractivity contribution in [3.05, 3.63) is 11.6 Å². The van der Waals surface area contributed by atoms with Crippen LogP contribution in [0.4, 0.5) is 0 Å². The maximum absolute atomic E-state index is 10.8. The van der Waals surface area contributed by atoms with Crippen molar-refractivity contribution in [2.45, 2.75) is 45.5 Å². The van der Waals surface area contributed by atoms with Crippen LogP contribution >= 0.6 is 0 Å². The molecule has 82 valence electrons. The zero-order valence-electron chi connectivity index (χ0n) is 8.77. The fourth-order valence-electron chi connectivity index (χ4n) is 1.21. The van der Waals surface area contributed by atoms with Gasteiger partial charge in [-0.2, -0.15) is 0 Å². The topological polar surface area (TPSA) is 77.8 Å². The van der Waals surface area contributed by atoms with Crippen LogP contribution in [-0.2, 0) is 4.79 Å². The second-order valence-corrected chi connectivity index (χ2v) is 3.00. The first-order chi connectivity index (χ1) is 6.52. The smallest absolute Gasteiger partial charge is 0.155 e. The summed E-state index contributed by atoms with van der Waals surface area (Å²) in [7, 11) is 0. The van der Waals surface area contributed by atoms with Gasteiger partial charge in [0.15, 0.2) is 5.78 Å². The lowest BCUT2D eigenvalue weighted by Crippen LogP contribution is -2.40. The van der Waals surface area contributed by atoms with Crippen molar-refractivity contribution >= 4 is 5.78 Å². The van der Waals surface area contributed by atoms with Gasteiger partial charge < -0.3 is 15.3 Å². The van der Waals surface area contributed by atoms with E-state index in [0.717, 1.165) is 0 Å². The summed E-state index contributed by atoms with van der Waals surface area (Å²) in [4.78, 5) is 10.8. The molecule has 3 unspecified atom stereocenters. The SMILES string of the molecule is CC.CC(=O)C1=CC(O)C(O)C(O)C1. The average Bonchev–Trinajstić information content (AvgIpc) is 2.16. The molecule has 0 aromatic rings. The molecule has 0 aliphatic heterocycles. The van der Waals surface area contributed by atoms with E-state index in [0.29, 0.717) is 5.57 Å². The van der Waals surface area contributed by atoms with Gasteiger partial charge in [-0.1, -0.05) is 13.8 Å². The summed E-state index contributed by atoms with van der Waals surface area (Å²) in [5.74, 6) is -0.181. The van der Waals surface area contributed by atoms with E-state index >= 15 is 0 Å². The number of hydrogen-bond acceptors (Lipinski definition) is 4. The Labute approximate surface area is 83.9 Å². The Morgan fingerprint density at radius 1 is 1.36 bits per heavy atom. The summed E-state index contributed by atoms with van der Waals surface area (Å²) >= 11 is 0. The molecular formula is C10H18O4. The average molecular weight is 202 g/mol. The van der Waals surface area contributed by atoms with Gasteiger partial charge in [0.25, 0.3) is 0 Å². The molecule has 0 aromatic heterocycles. The van der Waals surface area contributed by atoms with E-state index in [1.54, 1.807) is 0 Å². The lowest BCUT2D eigenvalue weighted by Gasteiger charge is -2.26. The van der Waals surface area contributed by atoms with E-state index in [1.807, 2.05) is 13.8 Å². The van der Waals surface area contributed by atoms with Crippen molar-refractivity contribution in [3.8, 4) is 0 Å². The van der Waals surface area contributed by atoms with E-state index in [4.69, 9.17) is 15.3 Å². The molecule has 0 fully saturated rings. The zero-order valence-corrected chi connectivity index (χ0v) is 8.77. The van der Waals surface area contributed by atoms with Crippen molar-refractivity contribution < 1.29 is 20.1 Å². The minimum absolute atomic E-state index is 0.119. The Kier molecular flexibility index (Phi) is 5.60. The Balaban J connectivity index is 0.000000791. The molecule has 3 atom stereocenters. The van der Waals surface area contributed by atoms with E-state index in [9.17, 15) is 4.79 Å². The summed E-state index contributed by atoms with van der Waals surface area (Å²) < 4.78 is 0. The Bertz CT molecular complexity index is 222. The lowest BCUT2D eigenvalue weighted by molar-refractivity contribution is -0.115. The van der Waals surface area contributed by atoms with Gasteiger partial charge in [0.05, 0.1) is 6.10 Å². The number of carbonyl (C=O) groups excluding carboxylic acids is 1. The third kappa shape index (κ3) is 3.21. The van der Waals surface area contributed by atoms with Crippen LogP contribution < -0.4 is 0 Å². The van der Waals surface area contributed by atoms with Gasteiger partial charge >= 0.3 is 0 Å². The quantitative estimate of drug-likeness (QED) is 0.560. The molecule has 3 N–H and O–H groups in total. The van der Waals surface area contributed by atoms with Crippen molar-refractivity contribution in [2.75, 3.05) is 0 Å². The maximum Gasteiger partial charge on any atom is 0.155 e. The first-order valence-corrected chi connectivity index (χ1v) is 4.78. The summed E-state index contributed by atoms with van der Waals surface area (Å²) in [5.41, 5.74) is 0.375. The third-order valence-corrected chi connectivity index (χ3v) is 2.00. The number of ketones is 1. The predicted molar refractivity (Wildman–Crippen MR) is 52.7 cm³/mol. The molecule has 0 aromatic carbocycles. The van der Waals surface area contributed by atoms with Crippen LogP contribution in [0.15, 0.2) is 11.6 Å². The van der Waals surface area contributed by atoms with Crippen molar-refractivity contribution in [1.29, 1.82) is 0 Å². The van der Waals surface area contributed by atoms with E-state index in [-0.39, 0.29) is 12.2 Å². The standard InChI is InChI=1S/C8H12O4.C2H6/c1-4(9)5-2-6(10)8(12)7(11)3-5;1-2/h2,6-8,10-12H,3H2,1H3;1-2H3. The minimum Gasteiger partial charge on any atom is -0.390 e. The highest BCUT2D eigenvalue weighted by molar-refractivity contribution is 5.93. The number of rotatable bonds is 1. The molecule has 0 spiro atoms. The van der Waals surface area contributed by atoms with Gasteiger partial charge in [-0.25, -0.2) is 0 Å². The first kappa shape index (κ1) is 13.3. The molecule has 0 radical (unpaired) electrons. The Hall–Kier alpha value is -0.710. The minimum atomic E-state index is -1.17. The van der Waals surface area contributed by atoms with Crippen LogP contribution in [0, 0.1) is 0 Å². The molecule has 1 aliphatic carbocycles. The molecule has 14 heavy (non-hydrogen) atoms. The number of carbonyl (C=O) groups is 1. The lowest BCUT2D eigenvalue weighted by atomic mass is 9.90. The van der Waals surface area contributed by atoms with Crippen LogP contribution in [0.5, 0.6) is 0 Å². The molecule has 0 amide bonds. The van der Waals surface area contributed by atoms with Gasteiger partial charge in [0, 0.05) is 6.42 Å². The monoisotopic (exact) mass is 202 g/mol. The van der Waals surface area contributed by atoms with Gasteiger partial charge in [0.2, 0.25) is 0 Å². The molecule has 0 bridgehead atoms. The Morgan fingerprint density at radius 2 is 1.86 bits per heavy atom. The van der Waals surface area contributed by atoms with Crippen molar-refractivity contribution in [3.63, 3.8) is 0 Å². The molecule has 0 saturated carbocycles. The van der Waals surface area contributed by atoms with Crippen LogP contribution in [0.1, 0.15) is 27.2 Å². The van der Waals surface area contributed by atoms with E-state index < -0.39 is 18.3 Å². The first-order valence-electron chi connectivity index (χ1n) is 4.78. The molecule has 1 aliphatic rings. The molecule has 0 saturated heterocycles. The highest BCUT2D eigenvalue weighted by Gasteiger charge is 2.30.